The number of hydrogen-bond acceptors (Lipinski definition) is 6. The summed E-state index contributed by atoms with van der Waals surface area (Å²) >= 11 is 0. The first kappa shape index (κ1) is 12.3. The fourth-order valence-corrected chi connectivity index (χ4v) is 1.08. The van der Waals surface area contributed by atoms with E-state index in [1.807, 2.05) is 6.07 Å². The molecular formula is C10H9N5O2. The minimum Gasteiger partial charge on any atom is -0.480 e. The maximum Gasteiger partial charge on any atom is 0.325 e. The van der Waals surface area contributed by atoms with Crippen LogP contribution in [0.25, 0.3) is 0 Å². The van der Waals surface area contributed by atoms with Gasteiger partial charge < -0.3 is 16.2 Å². The van der Waals surface area contributed by atoms with E-state index in [1.165, 1.54) is 13.0 Å². The van der Waals surface area contributed by atoms with Crippen LogP contribution in [-0.2, 0) is 4.79 Å². The van der Waals surface area contributed by atoms with Crippen molar-refractivity contribution in [2.24, 2.45) is 0 Å². The monoisotopic (exact) mass is 231 g/mol. The van der Waals surface area contributed by atoms with Gasteiger partial charge in [0.1, 0.15) is 29.8 Å². The average Bonchev–Trinajstić information content (AvgIpc) is 2.29. The minimum atomic E-state index is -1.08. The molecule has 7 heteroatoms. The number of nitrogens with zero attached hydrogens (tertiary/aromatic N) is 3. The van der Waals surface area contributed by atoms with Crippen molar-refractivity contribution in [2.45, 2.75) is 13.0 Å². The molecule has 17 heavy (non-hydrogen) atoms. The van der Waals surface area contributed by atoms with Gasteiger partial charge in [-0.25, -0.2) is 4.98 Å². The van der Waals surface area contributed by atoms with Crippen molar-refractivity contribution in [3.05, 3.63) is 17.2 Å². The van der Waals surface area contributed by atoms with Crippen molar-refractivity contribution in [1.82, 2.24) is 4.98 Å². The number of nitrogens with one attached hydrogen (secondary N) is 1. The van der Waals surface area contributed by atoms with Gasteiger partial charge in [0, 0.05) is 0 Å². The minimum absolute atomic E-state index is 0.0495. The van der Waals surface area contributed by atoms with Gasteiger partial charge in [-0.1, -0.05) is 0 Å². The molecular weight excluding hydrogens is 222 g/mol. The summed E-state index contributed by atoms with van der Waals surface area (Å²) in [7, 11) is 0. The molecule has 0 aliphatic rings. The first-order valence-corrected chi connectivity index (χ1v) is 4.59. The summed E-state index contributed by atoms with van der Waals surface area (Å²) in [6.07, 6.45) is 0. The van der Waals surface area contributed by atoms with Gasteiger partial charge in [0.05, 0.1) is 11.1 Å². The lowest BCUT2D eigenvalue weighted by molar-refractivity contribution is -0.137. The molecule has 0 spiro atoms. The largest absolute Gasteiger partial charge is 0.480 e. The summed E-state index contributed by atoms with van der Waals surface area (Å²) in [5, 5.41) is 28.8. The van der Waals surface area contributed by atoms with E-state index in [-0.39, 0.29) is 22.8 Å². The lowest BCUT2D eigenvalue weighted by Gasteiger charge is -2.11. The van der Waals surface area contributed by atoms with Crippen molar-refractivity contribution in [2.75, 3.05) is 11.1 Å². The van der Waals surface area contributed by atoms with Crippen molar-refractivity contribution in [1.29, 1.82) is 10.5 Å². The number of carboxylic acids is 1. The van der Waals surface area contributed by atoms with Crippen molar-refractivity contribution in [3.63, 3.8) is 0 Å². The molecule has 0 aromatic carbocycles. The molecule has 0 saturated heterocycles. The first-order valence-electron chi connectivity index (χ1n) is 4.59. The molecule has 0 amide bonds. The van der Waals surface area contributed by atoms with Gasteiger partial charge in [0.15, 0.2) is 0 Å². The van der Waals surface area contributed by atoms with Crippen LogP contribution in [0.3, 0.4) is 0 Å². The van der Waals surface area contributed by atoms with Gasteiger partial charge >= 0.3 is 5.97 Å². The molecule has 0 aliphatic carbocycles. The van der Waals surface area contributed by atoms with E-state index >= 15 is 0 Å². The number of hydrogen-bond donors (Lipinski definition) is 3. The Morgan fingerprint density at radius 3 is 2.59 bits per heavy atom. The topological polar surface area (TPSA) is 136 Å². The van der Waals surface area contributed by atoms with Gasteiger partial charge in [-0.2, -0.15) is 10.5 Å². The highest BCUT2D eigenvalue weighted by Crippen LogP contribution is 2.18. The third-order valence-corrected chi connectivity index (χ3v) is 2.02. The second-order valence-electron chi connectivity index (χ2n) is 3.25. The number of nitrogen functional groups attached to an aromatic ring is 1. The SMILES string of the molecule is CC(Nc1nc(N)c(C#N)cc1C#N)C(=O)O. The number of carboxylic acid groups (broad SMARTS) is 1. The number of aliphatic carboxylic acids is 1. The number of carbonyl (C=O) groups is 1. The molecule has 1 rings (SSSR count). The number of pyridine rings is 1. The van der Waals surface area contributed by atoms with Crippen molar-refractivity contribution in [3.8, 4) is 12.1 Å². The summed E-state index contributed by atoms with van der Waals surface area (Å²) < 4.78 is 0. The highest BCUT2D eigenvalue weighted by molar-refractivity contribution is 5.77. The smallest absolute Gasteiger partial charge is 0.325 e. The Balaban J connectivity index is 3.18. The number of nitrogens with two attached hydrogens (primary N) is 1. The summed E-state index contributed by atoms with van der Waals surface area (Å²) in [5.41, 5.74) is 5.63. The molecule has 0 fully saturated rings. The van der Waals surface area contributed by atoms with Crippen LogP contribution in [0.2, 0.25) is 0 Å². The fourth-order valence-electron chi connectivity index (χ4n) is 1.08. The maximum atomic E-state index is 10.7. The van der Waals surface area contributed by atoms with E-state index in [0.717, 1.165) is 0 Å². The first-order chi connectivity index (χ1) is 7.99. The van der Waals surface area contributed by atoms with Crippen LogP contribution in [0.15, 0.2) is 6.07 Å². The van der Waals surface area contributed by atoms with E-state index in [0.29, 0.717) is 0 Å². The fraction of sp³-hybridized carbons (Fsp3) is 0.200. The van der Waals surface area contributed by atoms with Gasteiger partial charge in [-0.05, 0) is 13.0 Å². The van der Waals surface area contributed by atoms with Crippen LogP contribution in [0.5, 0.6) is 0 Å². The lowest BCUT2D eigenvalue weighted by atomic mass is 10.2. The second-order valence-corrected chi connectivity index (χ2v) is 3.25. The maximum absolute atomic E-state index is 10.7. The quantitative estimate of drug-likeness (QED) is 0.680. The third-order valence-electron chi connectivity index (χ3n) is 2.02. The van der Waals surface area contributed by atoms with E-state index in [2.05, 4.69) is 10.3 Å². The molecule has 1 aromatic rings. The third kappa shape index (κ3) is 2.61. The molecule has 7 nitrogen and oxygen atoms in total. The van der Waals surface area contributed by atoms with E-state index < -0.39 is 12.0 Å². The Kier molecular flexibility index (Phi) is 3.48. The molecule has 1 unspecified atom stereocenters. The normalized spacial score (nSPS) is 11.0. The molecule has 1 heterocycles. The van der Waals surface area contributed by atoms with E-state index in [4.69, 9.17) is 21.4 Å². The van der Waals surface area contributed by atoms with Gasteiger partial charge in [0.25, 0.3) is 0 Å². The van der Waals surface area contributed by atoms with Crippen molar-refractivity contribution < 1.29 is 9.90 Å². The summed E-state index contributed by atoms with van der Waals surface area (Å²) in [4.78, 5) is 14.4. The second kappa shape index (κ2) is 4.81. The molecule has 1 atom stereocenters. The highest BCUT2D eigenvalue weighted by Gasteiger charge is 2.15. The molecule has 0 bridgehead atoms. The highest BCUT2D eigenvalue weighted by atomic mass is 16.4. The van der Waals surface area contributed by atoms with Crippen molar-refractivity contribution >= 4 is 17.6 Å². The van der Waals surface area contributed by atoms with Crippen LogP contribution < -0.4 is 11.1 Å². The van der Waals surface area contributed by atoms with Gasteiger partial charge in [-0.3, -0.25) is 4.79 Å². The lowest BCUT2D eigenvalue weighted by Crippen LogP contribution is -2.26. The number of aromatic nitrogens is 1. The van der Waals surface area contributed by atoms with Crippen LogP contribution in [0, 0.1) is 22.7 Å². The zero-order chi connectivity index (χ0) is 13.0. The van der Waals surface area contributed by atoms with E-state index in [9.17, 15) is 4.79 Å². The molecule has 86 valence electrons. The predicted octanol–water partition coefficient (Wildman–Crippen LogP) is 0.292. The summed E-state index contributed by atoms with van der Waals surface area (Å²) in [6.45, 7) is 1.40. The van der Waals surface area contributed by atoms with Gasteiger partial charge in [-0.15, -0.1) is 0 Å². The van der Waals surface area contributed by atoms with Crippen LogP contribution in [-0.4, -0.2) is 22.1 Å². The summed E-state index contributed by atoms with van der Waals surface area (Å²) in [5.74, 6) is -1.08. The Hall–Kier alpha value is -2.80. The van der Waals surface area contributed by atoms with Gasteiger partial charge in [0.2, 0.25) is 0 Å². The van der Waals surface area contributed by atoms with E-state index in [1.54, 1.807) is 6.07 Å². The Labute approximate surface area is 97.1 Å². The number of anilines is 2. The standard InChI is InChI=1S/C10H9N5O2/c1-5(10(16)17)14-9-7(4-12)2-6(3-11)8(13)15-9/h2,5H,1H3,(H,16,17)(H3,13,14,15). The van der Waals surface area contributed by atoms with Crippen LogP contribution >= 0.6 is 0 Å². The Morgan fingerprint density at radius 1 is 1.53 bits per heavy atom. The molecule has 0 saturated carbocycles. The average molecular weight is 231 g/mol. The van der Waals surface area contributed by atoms with Crippen LogP contribution in [0.1, 0.15) is 18.1 Å². The zero-order valence-electron chi connectivity index (χ0n) is 8.93. The molecule has 4 N–H and O–H groups in total. The number of nitriles is 2. The Bertz CT molecular complexity index is 541. The number of rotatable bonds is 3. The molecule has 1 aromatic heterocycles. The zero-order valence-corrected chi connectivity index (χ0v) is 8.93. The van der Waals surface area contributed by atoms with Crippen LogP contribution in [0.4, 0.5) is 11.6 Å². The molecule has 0 aliphatic heterocycles. The predicted molar refractivity (Wildman–Crippen MR) is 58.8 cm³/mol. The summed E-state index contributed by atoms with van der Waals surface area (Å²) in [6, 6.07) is 3.96. The Morgan fingerprint density at radius 2 is 2.12 bits per heavy atom. The molecule has 0 radical (unpaired) electrons.